The van der Waals surface area contributed by atoms with Crippen LogP contribution in [0.1, 0.15) is 59.5 Å². The summed E-state index contributed by atoms with van der Waals surface area (Å²) in [4.78, 5) is 26.7. The highest BCUT2D eigenvalue weighted by atomic mass is 16.2. The summed E-state index contributed by atoms with van der Waals surface area (Å²) in [5.74, 6) is 1.22. The fourth-order valence-corrected chi connectivity index (χ4v) is 5.09. The van der Waals surface area contributed by atoms with Gasteiger partial charge >= 0.3 is 0 Å². The topological polar surface area (TPSA) is 90.4 Å². The summed E-state index contributed by atoms with van der Waals surface area (Å²) in [6.45, 7) is 8.37. The summed E-state index contributed by atoms with van der Waals surface area (Å²) in [6, 6.07) is 8.08. The molecule has 33 heavy (non-hydrogen) atoms. The first kappa shape index (κ1) is 21.4. The Morgan fingerprint density at radius 2 is 2.06 bits per heavy atom. The van der Waals surface area contributed by atoms with E-state index in [4.69, 9.17) is 10.1 Å². The summed E-state index contributed by atoms with van der Waals surface area (Å²) in [6.07, 6.45) is 6.61. The molecule has 2 aliphatic rings. The lowest BCUT2D eigenvalue weighted by Gasteiger charge is -2.34. The number of carbonyl (C=O) groups is 1. The van der Waals surface area contributed by atoms with Gasteiger partial charge in [-0.05, 0) is 56.7 Å². The van der Waals surface area contributed by atoms with E-state index in [0.29, 0.717) is 24.7 Å². The number of likely N-dealkylation sites (tertiary alicyclic amines) is 1. The van der Waals surface area contributed by atoms with Crippen molar-refractivity contribution in [1.29, 1.82) is 5.26 Å². The highest BCUT2D eigenvalue weighted by Gasteiger charge is 2.33. The zero-order valence-corrected chi connectivity index (χ0v) is 19.4. The number of amides is 1. The van der Waals surface area contributed by atoms with Crippen molar-refractivity contribution in [3.05, 3.63) is 53.1 Å². The highest BCUT2D eigenvalue weighted by Crippen LogP contribution is 2.33. The quantitative estimate of drug-likeness (QED) is 0.613. The Kier molecular flexibility index (Phi) is 5.49. The number of nitrogens with zero attached hydrogens (tertiary/aromatic N) is 7. The van der Waals surface area contributed by atoms with E-state index in [1.165, 1.54) is 0 Å². The van der Waals surface area contributed by atoms with E-state index in [2.05, 4.69) is 22.9 Å². The summed E-state index contributed by atoms with van der Waals surface area (Å²) in [5, 5.41) is 14.2. The first-order valence-corrected chi connectivity index (χ1v) is 11.7. The van der Waals surface area contributed by atoms with E-state index in [-0.39, 0.29) is 17.9 Å². The van der Waals surface area contributed by atoms with Crippen molar-refractivity contribution in [2.24, 2.45) is 11.8 Å². The Balaban J connectivity index is 1.46. The molecule has 3 atom stereocenters. The van der Waals surface area contributed by atoms with Crippen molar-refractivity contribution in [1.82, 2.24) is 24.5 Å². The molecular weight excluding hydrogens is 414 g/mol. The lowest BCUT2D eigenvalue weighted by Crippen LogP contribution is -2.39. The van der Waals surface area contributed by atoms with Crippen LogP contribution in [0.3, 0.4) is 0 Å². The third kappa shape index (κ3) is 3.92. The Bertz CT molecular complexity index is 1240. The maximum atomic E-state index is 13.3. The molecule has 0 N–H and O–H groups in total. The minimum Gasteiger partial charge on any atom is -0.355 e. The Morgan fingerprint density at radius 3 is 2.82 bits per heavy atom. The fourth-order valence-electron chi connectivity index (χ4n) is 5.09. The molecule has 0 saturated carbocycles. The van der Waals surface area contributed by atoms with Crippen molar-refractivity contribution in [2.75, 3.05) is 24.5 Å². The first-order valence-electron chi connectivity index (χ1n) is 11.7. The van der Waals surface area contributed by atoms with Gasteiger partial charge in [0.2, 0.25) is 0 Å². The molecule has 2 aliphatic heterocycles. The number of pyridine rings is 1. The van der Waals surface area contributed by atoms with Crippen LogP contribution in [0.4, 0.5) is 5.82 Å². The van der Waals surface area contributed by atoms with Gasteiger partial charge in [0.05, 0.1) is 23.7 Å². The molecule has 3 aromatic heterocycles. The highest BCUT2D eigenvalue weighted by molar-refractivity contribution is 5.92. The minimum absolute atomic E-state index is 0.0277. The molecule has 0 aromatic carbocycles. The van der Waals surface area contributed by atoms with E-state index in [1.54, 1.807) is 6.20 Å². The maximum absolute atomic E-state index is 13.3. The summed E-state index contributed by atoms with van der Waals surface area (Å²) in [5.41, 5.74) is 4.17. The average Bonchev–Trinajstić information content (AvgIpc) is 3.40. The van der Waals surface area contributed by atoms with E-state index in [9.17, 15) is 10.1 Å². The molecule has 2 saturated heterocycles. The second kappa shape index (κ2) is 8.47. The van der Waals surface area contributed by atoms with Gasteiger partial charge in [0, 0.05) is 43.7 Å². The second-order valence-electron chi connectivity index (χ2n) is 9.47. The van der Waals surface area contributed by atoms with E-state index >= 15 is 0 Å². The van der Waals surface area contributed by atoms with Crippen LogP contribution in [0.5, 0.6) is 0 Å². The van der Waals surface area contributed by atoms with Gasteiger partial charge < -0.3 is 9.80 Å². The van der Waals surface area contributed by atoms with Crippen LogP contribution in [0, 0.1) is 37.0 Å². The van der Waals surface area contributed by atoms with Crippen molar-refractivity contribution >= 4 is 17.4 Å². The molecular formula is C25H29N7O. The third-order valence-corrected chi connectivity index (χ3v) is 6.94. The SMILES string of the molecule is Cc1ccnc(C(=O)N2CCCC[C@H]2c2cc3nc(N4CC(C#N)[C@@H](C)C4)c(C)cn3n2)c1. The molecule has 0 bridgehead atoms. The zero-order chi connectivity index (χ0) is 23.1. The largest absolute Gasteiger partial charge is 0.355 e. The number of aromatic nitrogens is 4. The zero-order valence-electron chi connectivity index (χ0n) is 19.4. The molecule has 1 unspecified atom stereocenters. The van der Waals surface area contributed by atoms with E-state index in [1.807, 2.05) is 47.7 Å². The summed E-state index contributed by atoms with van der Waals surface area (Å²) >= 11 is 0. The molecule has 8 heteroatoms. The molecule has 0 radical (unpaired) electrons. The lowest BCUT2D eigenvalue weighted by atomic mass is 9.98. The maximum Gasteiger partial charge on any atom is 0.273 e. The number of hydrogen-bond donors (Lipinski definition) is 0. The standard InChI is InChI=1S/C25H29N7O/c1-16-7-8-27-21(10-16)25(33)31-9-5-4-6-22(31)20-11-23-28-24(18(3)14-32(23)29-20)30-13-17(2)19(12-26)15-30/h7-8,10-11,14,17,19,22H,4-6,9,13,15H2,1-3H3/t17-,19?,22-/m0/s1. The van der Waals surface area contributed by atoms with Crippen LogP contribution < -0.4 is 4.90 Å². The van der Waals surface area contributed by atoms with E-state index in [0.717, 1.165) is 54.1 Å². The van der Waals surface area contributed by atoms with Gasteiger partial charge in [-0.15, -0.1) is 0 Å². The van der Waals surface area contributed by atoms with E-state index < -0.39 is 0 Å². The number of anilines is 1. The Morgan fingerprint density at radius 1 is 1.21 bits per heavy atom. The molecule has 170 valence electrons. The smallest absolute Gasteiger partial charge is 0.273 e. The second-order valence-corrected chi connectivity index (χ2v) is 9.47. The van der Waals surface area contributed by atoms with Crippen LogP contribution in [0.25, 0.3) is 5.65 Å². The van der Waals surface area contributed by atoms with Crippen molar-refractivity contribution in [3.8, 4) is 6.07 Å². The Hall–Kier alpha value is -3.47. The fraction of sp³-hybridized carbons (Fsp3) is 0.480. The molecule has 3 aromatic rings. The minimum atomic E-state index is -0.0891. The number of rotatable bonds is 3. The predicted octanol–water partition coefficient (Wildman–Crippen LogP) is 3.70. The van der Waals surface area contributed by atoms with Gasteiger partial charge in [-0.3, -0.25) is 9.78 Å². The molecule has 2 fully saturated rings. The molecule has 5 heterocycles. The van der Waals surface area contributed by atoms with Gasteiger partial charge in [0.15, 0.2) is 5.65 Å². The molecule has 0 aliphatic carbocycles. The Labute approximate surface area is 193 Å². The summed E-state index contributed by atoms with van der Waals surface area (Å²) in [7, 11) is 0. The molecule has 1 amide bonds. The lowest BCUT2D eigenvalue weighted by molar-refractivity contribution is 0.0599. The predicted molar refractivity (Wildman–Crippen MR) is 125 cm³/mol. The number of piperidine rings is 1. The number of carbonyl (C=O) groups excluding carboxylic acids is 1. The van der Waals surface area contributed by atoms with Crippen LogP contribution in [0.15, 0.2) is 30.6 Å². The van der Waals surface area contributed by atoms with Gasteiger partial charge in [-0.25, -0.2) is 9.50 Å². The first-order chi connectivity index (χ1) is 15.9. The molecule has 0 spiro atoms. The van der Waals surface area contributed by atoms with Crippen LogP contribution in [-0.4, -0.2) is 50.0 Å². The normalized spacial score (nSPS) is 23.2. The molecule has 5 rings (SSSR count). The van der Waals surface area contributed by atoms with Crippen LogP contribution in [-0.2, 0) is 0 Å². The van der Waals surface area contributed by atoms with Crippen molar-refractivity contribution in [2.45, 2.75) is 46.1 Å². The van der Waals surface area contributed by atoms with Crippen LogP contribution in [0.2, 0.25) is 0 Å². The van der Waals surface area contributed by atoms with Gasteiger partial charge in [-0.1, -0.05) is 6.92 Å². The number of aryl methyl sites for hydroxylation is 2. The van der Waals surface area contributed by atoms with Crippen molar-refractivity contribution < 1.29 is 4.79 Å². The van der Waals surface area contributed by atoms with Crippen LogP contribution >= 0.6 is 0 Å². The monoisotopic (exact) mass is 443 g/mol. The average molecular weight is 444 g/mol. The number of hydrogen-bond acceptors (Lipinski definition) is 6. The van der Waals surface area contributed by atoms with Gasteiger partial charge in [-0.2, -0.15) is 10.4 Å². The summed E-state index contributed by atoms with van der Waals surface area (Å²) < 4.78 is 1.82. The molecule has 8 nitrogen and oxygen atoms in total. The van der Waals surface area contributed by atoms with Crippen molar-refractivity contribution in [3.63, 3.8) is 0 Å². The number of nitriles is 1. The van der Waals surface area contributed by atoms with Gasteiger partial charge in [0.25, 0.3) is 5.91 Å². The third-order valence-electron chi connectivity index (χ3n) is 6.94. The number of fused-ring (bicyclic) bond motifs is 1. The van der Waals surface area contributed by atoms with Gasteiger partial charge in [0.1, 0.15) is 11.5 Å².